The second-order valence-electron chi connectivity index (χ2n) is 5.71. The number of thiocarbonyl (C=S) groups is 1. The van der Waals surface area contributed by atoms with E-state index in [2.05, 4.69) is 25.7 Å². The summed E-state index contributed by atoms with van der Waals surface area (Å²) < 4.78 is 5.12. The molecule has 0 heterocycles. The van der Waals surface area contributed by atoms with Crippen LogP contribution in [-0.4, -0.2) is 43.2 Å². The molecule has 0 amide bonds. The molecule has 0 aromatic rings. The molecule has 0 aliphatic carbocycles. The number of methoxy groups -OCH3 is 1. The van der Waals surface area contributed by atoms with Crippen LogP contribution < -0.4 is 5.73 Å². The lowest BCUT2D eigenvalue weighted by molar-refractivity contribution is 0.145. The van der Waals surface area contributed by atoms with Gasteiger partial charge in [0.2, 0.25) is 0 Å². The van der Waals surface area contributed by atoms with E-state index in [-0.39, 0.29) is 0 Å². The van der Waals surface area contributed by atoms with E-state index in [4.69, 9.17) is 22.7 Å². The van der Waals surface area contributed by atoms with Crippen LogP contribution in [0, 0.1) is 5.41 Å². The van der Waals surface area contributed by atoms with E-state index in [1.165, 1.54) is 12.8 Å². The zero-order valence-corrected chi connectivity index (χ0v) is 12.6. The maximum atomic E-state index is 5.54. The van der Waals surface area contributed by atoms with E-state index in [0.29, 0.717) is 10.4 Å². The minimum atomic E-state index is 0.413. The van der Waals surface area contributed by atoms with Gasteiger partial charge in [0, 0.05) is 26.6 Å². The van der Waals surface area contributed by atoms with Crippen molar-refractivity contribution in [2.75, 3.05) is 33.4 Å². The SMILES string of the molecule is COCCN(CCCC(C)(C)C)CCC(N)=S. The molecule has 0 saturated heterocycles. The van der Waals surface area contributed by atoms with Crippen LogP contribution >= 0.6 is 12.2 Å². The maximum absolute atomic E-state index is 5.54. The van der Waals surface area contributed by atoms with Gasteiger partial charge in [0.15, 0.2) is 0 Å². The highest BCUT2D eigenvalue weighted by Gasteiger charge is 2.11. The largest absolute Gasteiger partial charge is 0.393 e. The highest BCUT2D eigenvalue weighted by atomic mass is 32.1. The molecule has 0 unspecified atom stereocenters. The highest BCUT2D eigenvalue weighted by molar-refractivity contribution is 7.80. The third-order valence-corrected chi connectivity index (χ3v) is 2.89. The van der Waals surface area contributed by atoms with Gasteiger partial charge in [-0.25, -0.2) is 0 Å². The molecule has 0 aliphatic rings. The van der Waals surface area contributed by atoms with Gasteiger partial charge in [-0.1, -0.05) is 33.0 Å². The smallest absolute Gasteiger partial charge is 0.0740 e. The van der Waals surface area contributed by atoms with Crippen LogP contribution in [0.1, 0.15) is 40.0 Å². The summed E-state index contributed by atoms with van der Waals surface area (Å²) in [7, 11) is 1.74. The van der Waals surface area contributed by atoms with Crippen LogP contribution in [0.3, 0.4) is 0 Å². The first-order valence-electron chi connectivity index (χ1n) is 6.35. The lowest BCUT2D eigenvalue weighted by Gasteiger charge is -2.24. The topological polar surface area (TPSA) is 38.5 Å². The van der Waals surface area contributed by atoms with Gasteiger partial charge in [0.1, 0.15) is 0 Å². The van der Waals surface area contributed by atoms with Gasteiger partial charge in [-0.05, 0) is 24.8 Å². The summed E-state index contributed by atoms with van der Waals surface area (Å²) in [6.45, 7) is 10.6. The molecule has 2 N–H and O–H groups in total. The van der Waals surface area contributed by atoms with Crippen molar-refractivity contribution in [2.24, 2.45) is 11.1 Å². The van der Waals surface area contributed by atoms with Gasteiger partial charge in [-0.3, -0.25) is 0 Å². The number of hydrogen-bond acceptors (Lipinski definition) is 3. The Hall–Kier alpha value is -0.190. The molecule has 0 aliphatic heterocycles. The molecule has 17 heavy (non-hydrogen) atoms. The van der Waals surface area contributed by atoms with E-state index < -0.39 is 0 Å². The minimum Gasteiger partial charge on any atom is -0.393 e. The quantitative estimate of drug-likeness (QED) is 0.646. The summed E-state index contributed by atoms with van der Waals surface area (Å²) in [6, 6.07) is 0. The Morgan fingerprint density at radius 1 is 1.24 bits per heavy atom. The summed E-state index contributed by atoms with van der Waals surface area (Å²) in [4.78, 5) is 2.98. The third-order valence-electron chi connectivity index (χ3n) is 2.69. The number of nitrogens with zero attached hydrogens (tertiary/aromatic N) is 1. The lowest BCUT2D eigenvalue weighted by Crippen LogP contribution is -2.32. The molecule has 102 valence electrons. The predicted molar refractivity (Wildman–Crippen MR) is 78.4 cm³/mol. The van der Waals surface area contributed by atoms with Crippen molar-refractivity contribution in [1.82, 2.24) is 4.90 Å². The second kappa shape index (κ2) is 8.84. The fourth-order valence-corrected chi connectivity index (χ4v) is 1.75. The minimum absolute atomic E-state index is 0.413. The van der Waals surface area contributed by atoms with Crippen LogP contribution in [0.5, 0.6) is 0 Å². The Bertz CT molecular complexity index is 214. The molecule has 0 bridgehead atoms. The zero-order valence-electron chi connectivity index (χ0n) is 11.8. The summed E-state index contributed by atoms with van der Waals surface area (Å²) in [5, 5.41) is 0. The van der Waals surface area contributed by atoms with E-state index in [1.54, 1.807) is 7.11 Å². The molecule has 0 rings (SSSR count). The molecular formula is C13H28N2OS. The summed E-state index contributed by atoms with van der Waals surface area (Å²) >= 11 is 4.92. The average Bonchev–Trinajstić information content (AvgIpc) is 2.19. The van der Waals surface area contributed by atoms with Crippen LogP contribution in [0.2, 0.25) is 0 Å². The fraction of sp³-hybridized carbons (Fsp3) is 0.923. The summed E-state index contributed by atoms with van der Waals surface area (Å²) in [5.74, 6) is 0. The van der Waals surface area contributed by atoms with Crippen molar-refractivity contribution >= 4 is 17.2 Å². The maximum Gasteiger partial charge on any atom is 0.0740 e. The Kier molecular flexibility index (Phi) is 8.74. The first-order chi connectivity index (χ1) is 7.85. The molecule has 0 atom stereocenters. The second-order valence-corrected chi connectivity index (χ2v) is 6.24. The Morgan fingerprint density at radius 2 is 1.88 bits per heavy atom. The summed E-state index contributed by atoms with van der Waals surface area (Å²) in [5.41, 5.74) is 5.95. The van der Waals surface area contributed by atoms with Crippen LogP contribution in [-0.2, 0) is 4.74 Å². The average molecular weight is 260 g/mol. The number of nitrogens with two attached hydrogens (primary N) is 1. The van der Waals surface area contributed by atoms with Crippen molar-refractivity contribution < 1.29 is 4.74 Å². The van der Waals surface area contributed by atoms with Gasteiger partial charge < -0.3 is 15.4 Å². The molecule has 0 radical (unpaired) electrons. The Balaban J connectivity index is 3.88. The van der Waals surface area contributed by atoms with Crippen molar-refractivity contribution in [2.45, 2.75) is 40.0 Å². The monoisotopic (exact) mass is 260 g/mol. The molecule has 0 aromatic heterocycles. The molecule has 0 aromatic carbocycles. The Labute approximate surface area is 112 Å². The van der Waals surface area contributed by atoms with Crippen LogP contribution in [0.25, 0.3) is 0 Å². The zero-order chi connectivity index (χ0) is 13.3. The van der Waals surface area contributed by atoms with Crippen LogP contribution in [0.15, 0.2) is 0 Å². The molecule has 0 saturated carbocycles. The van der Waals surface area contributed by atoms with Crippen LogP contribution in [0.4, 0.5) is 0 Å². The molecule has 0 fully saturated rings. The number of rotatable bonds is 9. The van der Waals surface area contributed by atoms with Crippen molar-refractivity contribution in [3.63, 3.8) is 0 Å². The van der Waals surface area contributed by atoms with Gasteiger partial charge in [-0.15, -0.1) is 0 Å². The summed E-state index contributed by atoms with van der Waals surface area (Å²) in [6.07, 6.45) is 3.25. The van der Waals surface area contributed by atoms with Gasteiger partial charge in [-0.2, -0.15) is 0 Å². The molecular weight excluding hydrogens is 232 g/mol. The van der Waals surface area contributed by atoms with Crippen molar-refractivity contribution in [3.8, 4) is 0 Å². The Morgan fingerprint density at radius 3 is 2.35 bits per heavy atom. The van der Waals surface area contributed by atoms with Crippen molar-refractivity contribution in [3.05, 3.63) is 0 Å². The van der Waals surface area contributed by atoms with E-state index in [0.717, 1.165) is 32.7 Å². The standard InChI is InChI=1S/C13H28N2OS/c1-13(2,3)7-5-8-15(10-11-16-4)9-6-12(14)17/h5-11H2,1-4H3,(H2,14,17). The first-order valence-corrected chi connectivity index (χ1v) is 6.75. The number of hydrogen-bond donors (Lipinski definition) is 1. The normalized spacial score (nSPS) is 12.1. The highest BCUT2D eigenvalue weighted by Crippen LogP contribution is 2.20. The predicted octanol–water partition coefficient (Wildman–Crippen LogP) is 2.44. The van der Waals surface area contributed by atoms with Crippen molar-refractivity contribution in [1.29, 1.82) is 0 Å². The van der Waals surface area contributed by atoms with E-state index in [1.807, 2.05) is 0 Å². The van der Waals surface area contributed by atoms with Gasteiger partial charge in [0.25, 0.3) is 0 Å². The van der Waals surface area contributed by atoms with Gasteiger partial charge >= 0.3 is 0 Å². The van der Waals surface area contributed by atoms with Gasteiger partial charge in [0.05, 0.1) is 11.6 Å². The van der Waals surface area contributed by atoms with E-state index in [9.17, 15) is 0 Å². The lowest BCUT2D eigenvalue weighted by atomic mass is 9.90. The van der Waals surface area contributed by atoms with E-state index >= 15 is 0 Å². The first kappa shape index (κ1) is 16.8. The molecule has 0 spiro atoms. The molecule has 3 nitrogen and oxygen atoms in total. The molecule has 4 heteroatoms. The third kappa shape index (κ3) is 12.1. The fourth-order valence-electron chi connectivity index (χ4n) is 1.66. The number of ether oxygens (including phenoxy) is 1.